The van der Waals surface area contributed by atoms with Crippen molar-refractivity contribution in [1.29, 1.82) is 0 Å². The Morgan fingerprint density at radius 2 is 1.87 bits per heavy atom. The number of hydrogen-bond acceptors (Lipinski definition) is 7. The maximum absolute atomic E-state index is 13.1. The van der Waals surface area contributed by atoms with Crippen LogP contribution in [-0.2, 0) is 24.8 Å². The predicted octanol–water partition coefficient (Wildman–Crippen LogP) is 3.62. The van der Waals surface area contributed by atoms with Gasteiger partial charge in [-0.1, -0.05) is 0 Å². The zero-order chi connectivity index (χ0) is 16.9. The molecule has 0 aliphatic carbocycles. The molecule has 0 N–H and O–H groups in total. The topological polar surface area (TPSA) is 76.4 Å². The molecular formula is C14H24AsO7P. The third kappa shape index (κ3) is 5.17. The predicted molar refractivity (Wildman–Crippen MR) is 84.8 cm³/mol. The third-order valence-electron chi connectivity index (χ3n) is 3.00. The first-order chi connectivity index (χ1) is 10.9. The van der Waals surface area contributed by atoms with Crippen LogP contribution in [0.4, 0.5) is 0 Å². The molecule has 1 atom stereocenters. The molecule has 0 bridgehead atoms. The molecule has 1 unspecified atom stereocenters. The van der Waals surface area contributed by atoms with Crippen LogP contribution < -0.4 is 0 Å². The maximum atomic E-state index is 13.1. The fourth-order valence-corrected chi connectivity index (χ4v) is 7.55. The summed E-state index contributed by atoms with van der Waals surface area (Å²) < 4.78 is 46.6. The van der Waals surface area contributed by atoms with Gasteiger partial charge in [-0.3, -0.25) is 0 Å². The first kappa shape index (κ1) is 19.2. The number of hydrogen-bond donors (Lipinski definition) is 0. The molecule has 7 nitrogen and oxygen atoms in total. The van der Waals surface area contributed by atoms with Crippen molar-refractivity contribution in [1.82, 2.24) is 0 Å². The second kappa shape index (κ2) is 8.30. The van der Waals surface area contributed by atoms with Crippen LogP contribution >= 0.6 is 7.60 Å². The SMILES string of the molecule is CCOP(=O)(OCC)C(O[As]1OCC(C)(C)CO1)c1ccco1. The van der Waals surface area contributed by atoms with Gasteiger partial charge in [0.25, 0.3) is 0 Å². The van der Waals surface area contributed by atoms with Crippen LogP contribution in [-0.4, -0.2) is 42.1 Å². The van der Waals surface area contributed by atoms with Crippen molar-refractivity contribution < 1.29 is 29.2 Å². The Bertz CT molecular complexity index is 499. The average molecular weight is 410 g/mol. The molecular weight excluding hydrogens is 386 g/mol. The Balaban J connectivity index is 2.16. The molecule has 1 aliphatic heterocycles. The molecule has 1 saturated heterocycles. The van der Waals surface area contributed by atoms with Gasteiger partial charge in [-0.25, -0.2) is 0 Å². The summed E-state index contributed by atoms with van der Waals surface area (Å²) in [5, 5.41) is 0. The Hall–Kier alpha value is -0.132. The van der Waals surface area contributed by atoms with Gasteiger partial charge in [0.05, 0.1) is 0 Å². The van der Waals surface area contributed by atoms with E-state index >= 15 is 0 Å². The summed E-state index contributed by atoms with van der Waals surface area (Å²) in [4.78, 5) is 0. The van der Waals surface area contributed by atoms with Gasteiger partial charge in [0, 0.05) is 0 Å². The molecule has 1 aliphatic rings. The second-order valence-electron chi connectivity index (χ2n) is 5.78. The van der Waals surface area contributed by atoms with E-state index in [1.807, 2.05) is 13.8 Å². The third-order valence-corrected chi connectivity index (χ3v) is 7.76. The van der Waals surface area contributed by atoms with Crippen molar-refractivity contribution in [3.8, 4) is 0 Å². The van der Waals surface area contributed by atoms with Crippen molar-refractivity contribution in [2.24, 2.45) is 5.41 Å². The average Bonchev–Trinajstić information content (AvgIpc) is 3.00. The quantitative estimate of drug-likeness (QED) is 0.479. The Morgan fingerprint density at radius 3 is 2.35 bits per heavy atom. The molecule has 9 heteroatoms. The van der Waals surface area contributed by atoms with Gasteiger partial charge in [-0.05, 0) is 0 Å². The Morgan fingerprint density at radius 1 is 1.26 bits per heavy atom. The van der Waals surface area contributed by atoms with Crippen molar-refractivity contribution in [2.75, 3.05) is 26.4 Å². The van der Waals surface area contributed by atoms with E-state index in [4.69, 9.17) is 24.6 Å². The molecule has 0 saturated carbocycles. The summed E-state index contributed by atoms with van der Waals surface area (Å²) in [5.41, 5.74) is -0.0572. The molecule has 132 valence electrons. The van der Waals surface area contributed by atoms with Crippen LogP contribution in [0.15, 0.2) is 22.8 Å². The van der Waals surface area contributed by atoms with E-state index in [2.05, 4.69) is 0 Å². The van der Waals surface area contributed by atoms with Crippen LogP contribution in [0.2, 0.25) is 0 Å². The van der Waals surface area contributed by atoms with Crippen molar-refractivity contribution >= 4 is 23.3 Å². The molecule has 0 amide bonds. The molecule has 1 fully saturated rings. The van der Waals surface area contributed by atoms with E-state index in [-0.39, 0.29) is 18.6 Å². The van der Waals surface area contributed by atoms with Gasteiger partial charge >= 0.3 is 142 Å². The molecule has 0 spiro atoms. The fraction of sp³-hybridized carbons (Fsp3) is 0.714. The molecule has 2 rings (SSSR count). The monoisotopic (exact) mass is 410 g/mol. The van der Waals surface area contributed by atoms with Crippen molar-refractivity contribution in [3.63, 3.8) is 0 Å². The zero-order valence-electron chi connectivity index (χ0n) is 13.9. The van der Waals surface area contributed by atoms with E-state index in [1.54, 1.807) is 26.0 Å². The summed E-state index contributed by atoms with van der Waals surface area (Å²) in [6.07, 6.45) is 1.49. The standard InChI is InChI=1S/C14H24AsO7P/c1-5-20-23(16,21-6-2)13(12-8-7-9-17-12)22-15-18-10-14(3,4)11-19-15/h7-9,13H,5-6,10-11H2,1-4H3. The minimum atomic E-state index is -3.56. The van der Waals surface area contributed by atoms with E-state index in [1.165, 1.54) is 6.26 Å². The van der Waals surface area contributed by atoms with Crippen LogP contribution in [0.5, 0.6) is 0 Å². The molecule has 1 aromatic heterocycles. The van der Waals surface area contributed by atoms with Crippen LogP contribution in [0.1, 0.15) is 39.3 Å². The molecule has 23 heavy (non-hydrogen) atoms. The van der Waals surface area contributed by atoms with E-state index in [0.29, 0.717) is 19.0 Å². The van der Waals surface area contributed by atoms with Crippen LogP contribution in [0.25, 0.3) is 0 Å². The Kier molecular flexibility index (Phi) is 6.93. The normalized spacial score (nSPS) is 20.5. The van der Waals surface area contributed by atoms with E-state index in [9.17, 15) is 4.57 Å². The summed E-state index contributed by atoms with van der Waals surface area (Å²) >= 11 is -2.53. The molecule has 0 radical (unpaired) electrons. The van der Waals surface area contributed by atoms with Gasteiger partial charge in [0.1, 0.15) is 0 Å². The number of rotatable bonds is 8. The summed E-state index contributed by atoms with van der Waals surface area (Å²) in [6, 6.07) is 3.37. The molecule has 1 aromatic rings. The van der Waals surface area contributed by atoms with Crippen LogP contribution in [0, 0.1) is 5.41 Å². The van der Waals surface area contributed by atoms with Gasteiger partial charge < -0.3 is 0 Å². The van der Waals surface area contributed by atoms with Crippen molar-refractivity contribution in [3.05, 3.63) is 24.2 Å². The minimum absolute atomic E-state index is 0.0572. The molecule has 2 heterocycles. The van der Waals surface area contributed by atoms with E-state index in [0.717, 1.165) is 0 Å². The fourth-order valence-electron chi connectivity index (χ4n) is 1.91. The first-order valence-corrected chi connectivity index (χ1v) is 11.5. The summed E-state index contributed by atoms with van der Waals surface area (Å²) in [7, 11) is -3.56. The van der Waals surface area contributed by atoms with Crippen LogP contribution in [0.3, 0.4) is 0 Å². The van der Waals surface area contributed by atoms with E-state index < -0.39 is 29.1 Å². The number of furan rings is 1. The summed E-state index contributed by atoms with van der Waals surface area (Å²) in [6.45, 7) is 9.14. The van der Waals surface area contributed by atoms with Gasteiger partial charge in [-0.2, -0.15) is 0 Å². The van der Waals surface area contributed by atoms with Crippen molar-refractivity contribution in [2.45, 2.75) is 33.5 Å². The second-order valence-corrected chi connectivity index (χ2v) is 10.3. The Labute approximate surface area is 142 Å². The molecule has 0 aromatic carbocycles. The van der Waals surface area contributed by atoms with Gasteiger partial charge in [-0.15, -0.1) is 0 Å². The summed E-state index contributed by atoms with van der Waals surface area (Å²) in [5.74, 6) is -0.611. The van der Waals surface area contributed by atoms with Gasteiger partial charge in [0.15, 0.2) is 0 Å². The zero-order valence-corrected chi connectivity index (χ0v) is 16.7. The van der Waals surface area contributed by atoms with Gasteiger partial charge in [0.2, 0.25) is 0 Å². The first-order valence-electron chi connectivity index (χ1n) is 7.55.